The molecule has 0 aromatic heterocycles. The maximum atomic E-state index is 13.6. The summed E-state index contributed by atoms with van der Waals surface area (Å²) in [6.45, 7) is 15.2. The summed E-state index contributed by atoms with van der Waals surface area (Å²) in [5, 5.41) is 20.0. The fourth-order valence-electron chi connectivity index (χ4n) is 4.87. The van der Waals surface area contributed by atoms with Crippen LogP contribution < -0.4 is 4.74 Å². The number of hydrogen-bond acceptors (Lipinski definition) is 4. The second-order valence-corrected chi connectivity index (χ2v) is 11.9. The third kappa shape index (κ3) is 7.04. The van der Waals surface area contributed by atoms with E-state index >= 15 is 0 Å². The van der Waals surface area contributed by atoms with Crippen LogP contribution in [0.1, 0.15) is 88.4 Å². The van der Waals surface area contributed by atoms with Gasteiger partial charge in [-0.05, 0) is 58.7 Å². The molecule has 5 nitrogen and oxygen atoms in total. The van der Waals surface area contributed by atoms with Gasteiger partial charge in [0.15, 0.2) is 5.78 Å². The summed E-state index contributed by atoms with van der Waals surface area (Å²) in [6.07, 6.45) is 4.03. The van der Waals surface area contributed by atoms with Crippen molar-refractivity contribution in [1.29, 1.82) is 5.41 Å². The summed E-state index contributed by atoms with van der Waals surface area (Å²) < 4.78 is 5.36. The van der Waals surface area contributed by atoms with Crippen molar-refractivity contribution >= 4 is 34.7 Å². The highest BCUT2D eigenvalue weighted by molar-refractivity contribution is 8.93. The number of carbonyl (C=O) groups is 1. The van der Waals surface area contributed by atoms with Crippen LogP contribution in [0.2, 0.25) is 0 Å². The number of nitrogens with zero attached hydrogens (tertiary/aromatic N) is 1. The first-order valence-electron chi connectivity index (χ1n) is 12.9. The predicted octanol–water partition coefficient (Wildman–Crippen LogP) is 7.55. The minimum absolute atomic E-state index is 0. The molecule has 202 valence electrons. The average molecular weight is 572 g/mol. The van der Waals surface area contributed by atoms with Crippen LogP contribution in [0.3, 0.4) is 0 Å². The first-order valence-corrected chi connectivity index (χ1v) is 12.9. The van der Waals surface area contributed by atoms with Gasteiger partial charge in [-0.3, -0.25) is 10.2 Å². The molecule has 0 spiro atoms. The monoisotopic (exact) mass is 570 g/mol. The molecule has 2 aromatic carbocycles. The first kappa shape index (κ1) is 30.6. The Morgan fingerprint density at radius 3 is 2.22 bits per heavy atom. The summed E-state index contributed by atoms with van der Waals surface area (Å²) in [5.41, 5.74) is 3.49. The summed E-state index contributed by atoms with van der Waals surface area (Å²) in [6, 6.07) is 11.5. The van der Waals surface area contributed by atoms with Crippen LogP contribution in [-0.4, -0.2) is 41.8 Å². The van der Waals surface area contributed by atoms with Crippen LogP contribution >= 0.6 is 17.0 Å². The lowest BCUT2D eigenvalue weighted by molar-refractivity contribution is 0.0963. The fraction of sp³-hybridized carbons (Fsp3) is 0.484. The Labute approximate surface area is 233 Å². The number of nitrogens with one attached hydrogen (secondary N) is 1. The smallest absolute Gasteiger partial charge is 0.182 e. The van der Waals surface area contributed by atoms with Crippen molar-refractivity contribution in [1.82, 2.24) is 4.90 Å². The normalized spacial score (nSPS) is 17.2. The number of phenols is 1. The van der Waals surface area contributed by atoms with Gasteiger partial charge in [-0.15, -0.1) is 17.0 Å². The number of halogens is 1. The van der Waals surface area contributed by atoms with Crippen molar-refractivity contribution in [3.05, 3.63) is 64.2 Å². The van der Waals surface area contributed by atoms with Crippen molar-refractivity contribution in [2.24, 2.45) is 5.92 Å². The summed E-state index contributed by atoms with van der Waals surface area (Å²) in [5.74, 6) is 1.64. The minimum atomic E-state index is -0.306. The molecule has 0 radical (unpaired) electrons. The number of methoxy groups -OCH3 is 1. The van der Waals surface area contributed by atoms with Gasteiger partial charge in [0, 0.05) is 29.2 Å². The van der Waals surface area contributed by atoms with Gasteiger partial charge in [-0.1, -0.05) is 67.0 Å². The minimum Gasteiger partial charge on any atom is -0.507 e. The van der Waals surface area contributed by atoms with Crippen molar-refractivity contribution in [3.8, 4) is 11.5 Å². The number of phenolic OH excluding ortho intramolecular Hbond substituents is 1. The van der Waals surface area contributed by atoms with E-state index in [1.165, 1.54) is 0 Å². The number of aromatic hydroxyl groups is 1. The predicted molar refractivity (Wildman–Crippen MR) is 159 cm³/mol. The molecule has 1 heterocycles. The lowest BCUT2D eigenvalue weighted by Gasteiger charge is -2.28. The molecule has 1 unspecified atom stereocenters. The number of rotatable bonds is 7. The largest absolute Gasteiger partial charge is 0.507 e. The molecule has 2 N–H and O–H groups in total. The van der Waals surface area contributed by atoms with E-state index < -0.39 is 0 Å². The van der Waals surface area contributed by atoms with E-state index in [0.717, 1.165) is 40.9 Å². The van der Waals surface area contributed by atoms with E-state index in [1.54, 1.807) is 7.11 Å². The van der Waals surface area contributed by atoms with Crippen LogP contribution in [0.25, 0.3) is 6.08 Å². The molecule has 0 saturated carbocycles. The molecule has 0 amide bonds. The summed E-state index contributed by atoms with van der Waals surface area (Å²) in [4.78, 5) is 15.5. The van der Waals surface area contributed by atoms with Gasteiger partial charge in [0.05, 0.1) is 13.7 Å². The van der Waals surface area contributed by atoms with Gasteiger partial charge >= 0.3 is 0 Å². The van der Waals surface area contributed by atoms with E-state index in [-0.39, 0.29) is 51.8 Å². The second-order valence-electron chi connectivity index (χ2n) is 11.9. The number of carbonyl (C=O) groups excluding carboxylic acids is 1. The van der Waals surface area contributed by atoms with E-state index in [0.29, 0.717) is 17.9 Å². The average Bonchev–Trinajstić information content (AvgIpc) is 3.06. The summed E-state index contributed by atoms with van der Waals surface area (Å²) in [7, 11) is 1.65. The Hall–Kier alpha value is -2.60. The third-order valence-electron chi connectivity index (χ3n) is 6.91. The highest BCUT2D eigenvalue weighted by Crippen LogP contribution is 2.40. The molecule has 6 heteroatoms. The highest BCUT2D eigenvalue weighted by atomic mass is 79.9. The van der Waals surface area contributed by atoms with Crippen molar-refractivity contribution in [3.63, 3.8) is 0 Å². The maximum absolute atomic E-state index is 13.6. The van der Waals surface area contributed by atoms with Gasteiger partial charge in [0.1, 0.15) is 17.3 Å². The number of Topliss-reactive ketones (excluding diaryl/α,β-unsaturated/α-hetero) is 1. The molecule has 0 aliphatic carbocycles. The molecule has 1 atom stereocenters. The quantitative estimate of drug-likeness (QED) is 0.337. The molecular formula is C31H43BrN2O3. The molecule has 0 bridgehead atoms. The molecular weight excluding hydrogens is 528 g/mol. The topological polar surface area (TPSA) is 73.6 Å². The van der Waals surface area contributed by atoms with Crippen LogP contribution in [0.15, 0.2) is 42.0 Å². The Balaban J connectivity index is 0.00000481. The van der Waals surface area contributed by atoms with E-state index in [1.807, 2.05) is 82.8 Å². The second kappa shape index (κ2) is 11.8. The molecule has 1 aliphatic heterocycles. The van der Waals surface area contributed by atoms with Crippen molar-refractivity contribution < 1.29 is 14.6 Å². The Morgan fingerprint density at radius 2 is 1.70 bits per heavy atom. The highest BCUT2D eigenvalue weighted by Gasteiger charge is 2.34. The number of likely N-dealkylation sites (tertiary alicyclic amines) is 1. The standard InChI is InChI=1S/C31H42N2O3.BrH/c1-9-11-21-18-33(29(32)24(21)15-20-12-10-13-23(14-20)36-8)19-27(34)22-16-25(30(2,3)4)28(35)26(17-22)31(5,6)7;/h10,12-17,21,32,35H,9,11,18-19H2,1-8H3;1H. The molecule has 3 rings (SSSR count). The maximum Gasteiger partial charge on any atom is 0.182 e. The molecule has 2 aromatic rings. The SMILES string of the molecule is Br.CCCC1CN(CC(=O)c2cc(C(C)(C)C)c(O)c(C(C)(C)C)c2)C(=N)C1=Cc1cccc(OC)c1. The van der Waals surface area contributed by atoms with Crippen LogP contribution in [0, 0.1) is 11.3 Å². The van der Waals surface area contributed by atoms with Crippen LogP contribution in [0.5, 0.6) is 11.5 Å². The fourth-order valence-corrected chi connectivity index (χ4v) is 4.87. The Bertz CT molecular complexity index is 1140. The molecule has 37 heavy (non-hydrogen) atoms. The first-order chi connectivity index (χ1) is 16.8. The molecule has 1 fully saturated rings. The van der Waals surface area contributed by atoms with Gasteiger partial charge in [0.25, 0.3) is 0 Å². The number of ether oxygens (including phenoxy) is 1. The van der Waals surface area contributed by atoms with Crippen molar-refractivity contribution in [2.45, 2.75) is 72.1 Å². The number of amidine groups is 1. The van der Waals surface area contributed by atoms with Gasteiger partial charge in [-0.25, -0.2) is 0 Å². The number of hydrogen-bond donors (Lipinski definition) is 2. The Morgan fingerprint density at radius 1 is 1.11 bits per heavy atom. The van der Waals surface area contributed by atoms with Crippen LogP contribution in [-0.2, 0) is 10.8 Å². The zero-order valence-corrected chi connectivity index (χ0v) is 25.3. The van der Waals surface area contributed by atoms with E-state index in [2.05, 4.69) is 13.0 Å². The summed E-state index contributed by atoms with van der Waals surface area (Å²) >= 11 is 0. The van der Waals surface area contributed by atoms with Crippen LogP contribution in [0.4, 0.5) is 0 Å². The van der Waals surface area contributed by atoms with Crippen molar-refractivity contribution in [2.75, 3.05) is 20.2 Å². The number of ketones is 1. The lowest BCUT2D eigenvalue weighted by atomic mass is 9.78. The Kier molecular flexibility index (Phi) is 9.81. The molecule has 1 saturated heterocycles. The zero-order chi connectivity index (χ0) is 26.8. The number of benzene rings is 2. The van der Waals surface area contributed by atoms with Gasteiger partial charge < -0.3 is 14.7 Å². The van der Waals surface area contributed by atoms with E-state index in [4.69, 9.17) is 10.1 Å². The molecule has 1 aliphatic rings. The van der Waals surface area contributed by atoms with Gasteiger partial charge in [-0.2, -0.15) is 0 Å². The zero-order valence-electron chi connectivity index (χ0n) is 23.6. The van der Waals surface area contributed by atoms with E-state index in [9.17, 15) is 9.90 Å². The lowest BCUT2D eigenvalue weighted by Crippen LogP contribution is -2.31. The van der Waals surface area contributed by atoms with Gasteiger partial charge in [0.2, 0.25) is 0 Å². The third-order valence-corrected chi connectivity index (χ3v) is 6.91.